The molecule has 10 nitrogen and oxygen atoms in total. The van der Waals surface area contributed by atoms with E-state index in [2.05, 4.69) is 74.6 Å². The number of allylic oxidation sites excluding steroid dienone is 10. The molecule has 1 aliphatic heterocycles. The zero-order valence-electron chi connectivity index (χ0n) is 34.2. The van der Waals surface area contributed by atoms with Crippen LogP contribution in [0.15, 0.2) is 60.8 Å². The van der Waals surface area contributed by atoms with Gasteiger partial charge in [-0.3, -0.25) is 9.59 Å². The van der Waals surface area contributed by atoms with Gasteiger partial charge in [0.1, 0.15) is 31.0 Å². The first-order valence-corrected chi connectivity index (χ1v) is 21.4. The minimum atomic E-state index is -1.60. The molecular formula is C45H76O10. The molecule has 2 unspecified atom stereocenters. The summed E-state index contributed by atoms with van der Waals surface area (Å²) < 4.78 is 22.1. The first-order chi connectivity index (χ1) is 26.8. The summed E-state index contributed by atoms with van der Waals surface area (Å²) >= 11 is 0. The summed E-state index contributed by atoms with van der Waals surface area (Å²) in [7, 11) is 0. The van der Waals surface area contributed by atoms with Crippen molar-refractivity contribution in [3.05, 3.63) is 60.8 Å². The van der Waals surface area contributed by atoms with Crippen LogP contribution in [0.4, 0.5) is 0 Å². The van der Waals surface area contributed by atoms with Crippen LogP contribution in [0.25, 0.3) is 0 Å². The SMILES string of the molecule is CCC/C=C/C/C=C/C/C=C/C/C=C/CCCCCC(=O)OC[C@@H](CO[C@H]1O[C@@H](CO)[C@@H](O)C(O)C1O)OC(=O)CCCCC/C=C/CCCCCCCC. The highest BCUT2D eigenvalue weighted by Gasteiger charge is 2.44. The van der Waals surface area contributed by atoms with Crippen LogP contribution in [0.1, 0.15) is 155 Å². The van der Waals surface area contributed by atoms with E-state index in [-0.39, 0.29) is 26.1 Å². The molecule has 0 amide bonds. The van der Waals surface area contributed by atoms with Gasteiger partial charge in [-0.2, -0.15) is 0 Å². The molecule has 0 spiro atoms. The first-order valence-electron chi connectivity index (χ1n) is 21.4. The lowest BCUT2D eigenvalue weighted by Gasteiger charge is -2.39. The largest absolute Gasteiger partial charge is 0.462 e. The number of ether oxygens (including phenoxy) is 4. The van der Waals surface area contributed by atoms with Crippen LogP contribution in [0, 0.1) is 0 Å². The molecule has 55 heavy (non-hydrogen) atoms. The van der Waals surface area contributed by atoms with Crippen molar-refractivity contribution in [3.8, 4) is 0 Å². The molecule has 6 atom stereocenters. The van der Waals surface area contributed by atoms with Gasteiger partial charge in [0.15, 0.2) is 12.4 Å². The van der Waals surface area contributed by atoms with Crippen molar-refractivity contribution < 1.29 is 49.0 Å². The van der Waals surface area contributed by atoms with Crippen LogP contribution < -0.4 is 0 Å². The Balaban J connectivity index is 2.39. The summed E-state index contributed by atoms with van der Waals surface area (Å²) in [6, 6.07) is 0. The van der Waals surface area contributed by atoms with E-state index in [1.807, 2.05) is 0 Å². The van der Waals surface area contributed by atoms with Gasteiger partial charge in [0, 0.05) is 12.8 Å². The van der Waals surface area contributed by atoms with Gasteiger partial charge >= 0.3 is 11.9 Å². The minimum Gasteiger partial charge on any atom is -0.462 e. The Morgan fingerprint density at radius 3 is 1.62 bits per heavy atom. The molecule has 1 fully saturated rings. The first kappa shape index (κ1) is 50.4. The summed E-state index contributed by atoms with van der Waals surface area (Å²) in [4.78, 5) is 25.3. The average molecular weight is 777 g/mol. The Morgan fingerprint density at radius 2 is 1.05 bits per heavy atom. The third-order valence-electron chi connectivity index (χ3n) is 9.36. The van der Waals surface area contributed by atoms with Crippen molar-refractivity contribution in [3.63, 3.8) is 0 Å². The predicted octanol–water partition coefficient (Wildman–Crippen LogP) is 8.66. The molecular weight excluding hydrogens is 700 g/mol. The Labute approximate surface area is 332 Å². The summed E-state index contributed by atoms with van der Waals surface area (Å²) in [6.45, 7) is 3.28. The molecule has 0 bridgehead atoms. The Hall–Kier alpha value is -2.60. The second-order valence-corrected chi connectivity index (χ2v) is 14.4. The van der Waals surface area contributed by atoms with Gasteiger partial charge in [0.25, 0.3) is 0 Å². The summed E-state index contributed by atoms with van der Waals surface area (Å²) in [5.41, 5.74) is 0. The zero-order chi connectivity index (χ0) is 40.2. The molecule has 0 saturated carbocycles. The molecule has 1 rings (SSSR count). The van der Waals surface area contributed by atoms with Gasteiger partial charge in [-0.1, -0.05) is 126 Å². The fourth-order valence-corrected chi connectivity index (χ4v) is 5.94. The molecule has 1 heterocycles. The number of carbonyl (C=O) groups is 2. The van der Waals surface area contributed by atoms with E-state index in [1.165, 1.54) is 44.9 Å². The summed E-state index contributed by atoms with van der Waals surface area (Å²) in [6.07, 6.45) is 35.1. The van der Waals surface area contributed by atoms with E-state index < -0.39 is 55.4 Å². The van der Waals surface area contributed by atoms with Gasteiger partial charge in [-0.05, 0) is 77.0 Å². The number of aliphatic hydroxyl groups excluding tert-OH is 4. The number of carbonyl (C=O) groups excluding carboxylic acids is 2. The molecule has 10 heteroatoms. The van der Waals surface area contributed by atoms with Crippen LogP contribution in [0.2, 0.25) is 0 Å². The lowest BCUT2D eigenvalue weighted by Crippen LogP contribution is -2.59. The van der Waals surface area contributed by atoms with Crippen molar-refractivity contribution >= 4 is 11.9 Å². The third kappa shape index (κ3) is 27.6. The van der Waals surface area contributed by atoms with Crippen LogP contribution in [-0.2, 0) is 28.5 Å². The standard InChI is InChI=1S/C45H76O10/c1-3-5-7-9-11-13-15-17-18-19-20-22-23-25-27-29-31-33-40(47)52-36-38(37-53-45-44(51)43(50)42(49)39(35-46)55-45)54-41(48)34-32-30-28-26-24-21-16-14-12-10-8-6-4-2/h7,9,13,15,18-19,21-24,38-39,42-46,49-51H,3-6,8,10-12,14,16-17,20,25-37H2,1-2H3/b9-7+,15-13+,19-18+,23-22+,24-21+/t38-,39-,42+,43?,44?,45-/m0/s1. The lowest BCUT2D eigenvalue weighted by atomic mass is 9.99. The van der Waals surface area contributed by atoms with Gasteiger partial charge in [-0.25, -0.2) is 0 Å². The fourth-order valence-electron chi connectivity index (χ4n) is 5.94. The van der Waals surface area contributed by atoms with Gasteiger partial charge < -0.3 is 39.4 Å². The van der Waals surface area contributed by atoms with E-state index >= 15 is 0 Å². The molecule has 1 saturated heterocycles. The predicted molar refractivity (Wildman–Crippen MR) is 219 cm³/mol. The van der Waals surface area contributed by atoms with Crippen molar-refractivity contribution in [1.29, 1.82) is 0 Å². The molecule has 0 aromatic rings. The van der Waals surface area contributed by atoms with E-state index in [1.54, 1.807) is 0 Å². The second-order valence-electron chi connectivity index (χ2n) is 14.4. The van der Waals surface area contributed by atoms with Crippen LogP contribution in [0.5, 0.6) is 0 Å². The maximum Gasteiger partial charge on any atom is 0.306 e. The van der Waals surface area contributed by atoms with E-state index in [4.69, 9.17) is 18.9 Å². The van der Waals surface area contributed by atoms with Crippen molar-refractivity contribution in [2.75, 3.05) is 19.8 Å². The Kier molecular flexibility index (Phi) is 32.8. The number of rotatable bonds is 34. The van der Waals surface area contributed by atoms with E-state index in [9.17, 15) is 30.0 Å². The van der Waals surface area contributed by atoms with Crippen LogP contribution >= 0.6 is 0 Å². The summed E-state index contributed by atoms with van der Waals surface area (Å²) in [5.74, 6) is -0.867. The Morgan fingerprint density at radius 1 is 0.564 bits per heavy atom. The summed E-state index contributed by atoms with van der Waals surface area (Å²) in [5, 5.41) is 40.0. The van der Waals surface area contributed by atoms with E-state index in [0.717, 1.165) is 70.6 Å². The normalized spacial score (nSPS) is 21.2. The maximum atomic E-state index is 12.7. The zero-order valence-corrected chi connectivity index (χ0v) is 34.2. The fraction of sp³-hybridized carbons (Fsp3) is 0.733. The molecule has 0 aliphatic carbocycles. The number of hydrogen-bond acceptors (Lipinski definition) is 10. The number of esters is 2. The molecule has 0 aromatic carbocycles. The Bertz CT molecular complexity index is 1080. The van der Waals surface area contributed by atoms with Crippen molar-refractivity contribution in [2.45, 2.75) is 192 Å². The topological polar surface area (TPSA) is 152 Å². The third-order valence-corrected chi connectivity index (χ3v) is 9.36. The monoisotopic (exact) mass is 777 g/mol. The highest BCUT2D eigenvalue weighted by Crippen LogP contribution is 2.22. The second kappa shape index (κ2) is 35.8. The van der Waals surface area contributed by atoms with Crippen molar-refractivity contribution in [1.82, 2.24) is 0 Å². The minimum absolute atomic E-state index is 0.200. The number of aliphatic hydroxyl groups is 4. The molecule has 316 valence electrons. The van der Waals surface area contributed by atoms with E-state index in [0.29, 0.717) is 12.8 Å². The molecule has 1 aliphatic rings. The number of unbranched alkanes of at least 4 members (excludes halogenated alkanes) is 13. The average Bonchev–Trinajstić information content (AvgIpc) is 3.18. The van der Waals surface area contributed by atoms with Crippen LogP contribution in [0.3, 0.4) is 0 Å². The molecule has 0 aromatic heterocycles. The van der Waals surface area contributed by atoms with Crippen LogP contribution in [-0.4, -0.2) is 89.0 Å². The molecule has 0 radical (unpaired) electrons. The van der Waals surface area contributed by atoms with Gasteiger partial charge in [0.05, 0.1) is 13.2 Å². The highest BCUT2D eigenvalue weighted by molar-refractivity contribution is 5.70. The quantitative estimate of drug-likeness (QED) is 0.0284. The molecule has 4 N–H and O–H groups in total. The lowest BCUT2D eigenvalue weighted by molar-refractivity contribution is -0.305. The number of hydrogen-bond donors (Lipinski definition) is 4. The van der Waals surface area contributed by atoms with Crippen molar-refractivity contribution in [2.24, 2.45) is 0 Å². The maximum absolute atomic E-state index is 12.7. The highest BCUT2D eigenvalue weighted by atomic mass is 16.7. The smallest absolute Gasteiger partial charge is 0.306 e. The van der Waals surface area contributed by atoms with Gasteiger partial charge in [0.2, 0.25) is 0 Å². The van der Waals surface area contributed by atoms with Gasteiger partial charge in [-0.15, -0.1) is 0 Å².